The number of carbonyl (C=O) groups is 1. The van der Waals surface area contributed by atoms with Crippen molar-refractivity contribution < 1.29 is 9.21 Å². The van der Waals surface area contributed by atoms with Crippen molar-refractivity contribution in [1.82, 2.24) is 4.98 Å². The number of aromatic nitrogens is 1. The summed E-state index contributed by atoms with van der Waals surface area (Å²) in [6.45, 7) is 4.03. The summed E-state index contributed by atoms with van der Waals surface area (Å²) in [7, 11) is 0. The predicted molar refractivity (Wildman–Crippen MR) is 116 cm³/mol. The monoisotopic (exact) mass is 404 g/mol. The number of benzene rings is 2. The Morgan fingerprint density at radius 1 is 1.10 bits per heavy atom. The minimum Gasteiger partial charge on any atom is -0.451 e. The van der Waals surface area contributed by atoms with Crippen molar-refractivity contribution in [1.29, 1.82) is 0 Å². The van der Waals surface area contributed by atoms with E-state index in [4.69, 9.17) is 4.42 Å². The smallest absolute Gasteiger partial charge is 0.293 e. The lowest BCUT2D eigenvalue weighted by atomic mass is 10.1. The van der Waals surface area contributed by atoms with Crippen molar-refractivity contribution in [2.45, 2.75) is 26.7 Å². The Bertz CT molecular complexity index is 1240. The molecule has 1 N–H and O–H groups in total. The van der Waals surface area contributed by atoms with Gasteiger partial charge in [0, 0.05) is 23.6 Å². The normalized spacial score (nSPS) is 11.0. The molecule has 29 heavy (non-hydrogen) atoms. The summed E-state index contributed by atoms with van der Waals surface area (Å²) in [4.78, 5) is 30.2. The Balaban J connectivity index is 1.49. The van der Waals surface area contributed by atoms with Gasteiger partial charge >= 0.3 is 0 Å². The second kappa shape index (κ2) is 8.01. The molecular formula is C23H20N2O3S. The third kappa shape index (κ3) is 4.27. The van der Waals surface area contributed by atoms with E-state index in [0.29, 0.717) is 16.1 Å². The van der Waals surface area contributed by atoms with E-state index < -0.39 is 5.91 Å². The van der Waals surface area contributed by atoms with E-state index in [1.54, 1.807) is 18.3 Å². The molecule has 0 saturated heterocycles. The van der Waals surface area contributed by atoms with Crippen LogP contribution in [-0.4, -0.2) is 10.9 Å². The molecule has 0 saturated carbocycles. The van der Waals surface area contributed by atoms with Crippen LogP contribution in [0.3, 0.4) is 0 Å². The van der Waals surface area contributed by atoms with E-state index in [2.05, 4.69) is 41.5 Å². The van der Waals surface area contributed by atoms with Crippen LogP contribution in [0, 0.1) is 6.92 Å². The van der Waals surface area contributed by atoms with Crippen LogP contribution in [-0.2, 0) is 12.8 Å². The average molecular weight is 404 g/mol. The third-order valence-electron chi connectivity index (χ3n) is 4.69. The van der Waals surface area contributed by atoms with Crippen molar-refractivity contribution in [3.63, 3.8) is 0 Å². The molecule has 0 spiro atoms. The maximum Gasteiger partial charge on any atom is 0.293 e. The summed E-state index contributed by atoms with van der Waals surface area (Å²) in [5.74, 6) is -0.518. The van der Waals surface area contributed by atoms with E-state index in [1.807, 2.05) is 13.0 Å². The molecular weight excluding hydrogens is 384 g/mol. The minimum absolute atomic E-state index is 0.0294. The van der Waals surface area contributed by atoms with Gasteiger partial charge < -0.3 is 4.42 Å². The summed E-state index contributed by atoms with van der Waals surface area (Å²) in [6.07, 6.45) is 3.52. The van der Waals surface area contributed by atoms with Crippen molar-refractivity contribution in [3.8, 4) is 0 Å². The van der Waals surface area contributed by atoms with Crippen LogP contribution in [0.15, 0.2) is 63.9 Å². The molecule has 0 radical (unpaired) electrons. The number of anilines is 1. The van der Waals surface area contributed by atoms with Gasteiger partial charge in [-0.05, 0) is 36.6 Å². The highest BCUT2D eigenvalue weighted by Gasteiger charge is 2.14. The molecule has 4 rings (SSSR count). The third-order valence-corrected chi connectivity index (χ3v) is 5.60. The molecule has 0 bridgehead atoms. The van der Waals surface area contributed by atoms with Crippen LogP contribution in [0.5, 0.6) is 0 Å². The zero-order valence-electron chi connectivity index (χ0n) is 16.2. The fourth-order valence-corrected chi connectivity index (χ4v) is 3.92. The molecule has 1 amide bonds. The lowest BCUT2D eigenvalue weighted by Gasteiger charge is -2.03. The van der Waals surface area contributed by atoms with Gasteiger partial charge in [0.2, 0.25) is 0 Å². The van der Waals surface area contributed by atoms with Crippen molar-refractivity contribution in [3.05, 3.63) is 92.3 Å². The molecule has 146 valence electrons. The van der Waals surface area contributed by atoms with Crippen LogP contribution < -0.4 is 10.7 Å². The van der Waals surface area contributed by atoms with E-state index in [9.17, 15) is 9.59 Å². The van der Waals surface area contributed by atoms with Gasteiger partial charge in [0.15, 0.2) is 16.3 Å². The number of hydrogen-bond acceptors (Lipinski definition) is 5. The van der Waals surface area contributed by atoms with Crippen LogP contribution in [0.4, 0.5) is 5.13 Å². The molecule has 2 heterocycles. The van der Waals surface area contributed by atoms with Gasteiger partial charge in [-0.2, -0.15) is 0 Å². The first-order chi connectivity index (χ1) is 14.0. The lowest BCUT2D eigenvalue weighted by Crippen LogP contribution is -2.14. The number of hydrogen-bond donors (Lipinski definition) is 1. The number of thiazole rings is 1. The van der Waals surface area contributed by atoms with Gasteiger partial charge in [-0.1, -0.05) is 42.8 Å². The Kier molecular flexibility index (Phi) is 5.27. The standard InChI is InChI=1S/C23H20N2O3S/c1-3-15-5-7-16(8-6-15)11-17-13-24-23(29-17)25-22(27)21-12-19(26)18-10-14(2)4-9-20(18)28-21/h4-10,12-13H,3,11H2,1-2H3,(H,24,25,27). The summed E-state index contributed by atoms with van der Waals surface area (Å²) in [6, 6.07) is 15.0. The van der Waals surface area contributed by atoms with E-state index >= 15 is 0 Å². The summed E-state index contributed by atoms with van der Waals surface area (Å²) < 4.78 is 5.62. The highest BCUT2D eigenvalue weighted by atomic mass is 32.1. The van der Waals surface area contributed by atoms with Crippen molar-refractivity contribution >= 4 is 33.3 Å². The van der Waals surface area contributed by atoms with Crippen molar-refractivity contribution in [2.75, 3.05) is 5.32 Å². The Hall–Kier alpha value is -3.25. The van der Waals surface area contributed by atoms with Crippen LogP contribution in [0.1, 0.15) is 39.0 Å². The SMILES string of the molecule is CCc1ccc(Cc2cnc(NC(=O)c3cc(=O)c4cc(C)ccc4o3)s2)cc1. The number of aryl methyl sites for hydroxylation is 2. The van der Waals surface area contributed by atoms with Gasteiger partial charge in [-0.15, -0.1) is 11.3 Å². The van der Waals surface area contributed by atoms with Gasteiger partial charge in [-0.25, -0.2) is 4.98 Å². The molecule has 0 aliphatic rings. The fourth-order valence-electron chi connectivity index (χ4n) is 3.08. The predicted octanol–water partition coefficient (Wildman–Crippen LogP) is 4.96. The minimum atomic E-state index is -0.488. The maximum absolute atomic E-state index is 12.5. The van der Waals surface area contributed by atoms with E-state index in [1.165, 1.54) is 28.5 Å². The van der Waals surface area contributed by atoms with Gasteiger partial charge in [0.05, 0.1) is 5.39 Å². The first-order valence-electron chi connectivity index (χ1n) is 9.40. The molecule has 4 aromatic rings. The second-order valence-corrected chi connectivity index (χ2v) is 8.02. The van der Waals surface area contributed by atoms with Gasteiger partial charge in [-0.3, -0.25) is 14.9 Å². The molecule has 0 aliphatic carbocycles. The molecule has 0 atom stereocenters. The molecule has 0 fully saturated rings. The largest absolute Gasteiger partial charge is 0.451 e. The molecule has 5 nitrogen and oxygen atoms in total. The molecule has 0 aliphatic heterocycles. The first-order valence-corrected chi connectivity index (χ1v) is 10.2. The number of fused-ring (bicyclic) bond motifs is 1. The Morgan fingerprint density at radius 3 is 2.62 bits per heavy atom. The van der Waals surface area contributed by atoms with Gasteiger partial charge in [0.1, 0.15) is 5.58 Å². The number of nitrogens with zero attached hydrogens (tertiary/aromatic N) is 1. The zero-order chi connectivity index (χ0) is 20.4. The maximum atomic E-state index is 12.5. The number of rotatable bonds is 5. The molecule has 0 unspecified atom stereocenters. The van der Waals surface area contributed by atoms with Gasteiger partial charge in [0.25, 0.3) is 5.91 Å². The highest BCUT2D eigenvalue weighted by molar-refractivity contribution is 7.15. The highest BCUT2D eigenvalue weighted by Crippen LogP contribution is 2.22. The Labute approximate surface area is 172 Å². The summed E-state index contributed by atoms with van der Waals surface area (Å²) in [5, 5.41) is 3.66. The van der Waals surface area contributed by atoms with Crippen LogP contribution >= 0.6 is 11.3 Å². The van der Waals surface area contributed by atoms with E-state index in [0.717, 1.165) is 23.3 Å². The zero-order valence-corrected chi connectivity index (χ0v) is 17.0. The average Bonchev–Trinajstić information content (AvgIpc) is 3.15. The first kappa shape index (κ1) is 19.1. The summed E-state index contributed by atoms with van der Waals surface area (Å²) in [5.41, 5.74) is 3.61. The van der Waals surface area contributed by atoms with E-state index in [-0.39, 0.29) is 11.2 Å². The van der Waals surface area contributed by atoms with Crippen molar-refractivity contribution in [2.24, 2.45) is 0 Å². The summed E-state index contributed by atoms with van der Waals surface area (Å²) >= 11 is 1.41. The number of nitrogens with one attached hydrogen (secondary N) is 1. The molecule has 6 heteroatoms. The number of amides is 1. The second-order valence-electron chi connectivity index (χ2n) is 6.91. The fraction of sp³-hybridized carbons (Fsp3) is 0.174. The van der Waals surface area contributed by atoms with Crippen LogP contribution in [0.2, 0.25) is 0 Å². The molecule has 2 aromatic heterocycles. The number of carbonyl (C=O) groups excluding carboxylic acids is 1. The quantitative estimate of drug-likeness (QED) is 0.510. The Morgan fingerprint density at radius 2 is 1.86 bits per heavy atom. The van der Waals surface area contributed by atoms with Crippen LogP contribution in [0.25, 0.3) is 11.0 Å². The lowest BCUT2D eigenvalue weighted by molar-refractivity contribution is 0.0997. The topological polar surface area (TPSA) is 72.2 Å². The molecule has 2 aromatic carbocycles.